The van der Waals surface area contributed by atoms with E-state index in [-0.39, 0.29) is 11.9 Å². The van der Waals surface area contributed by atoms with E-state index in [0.29, 0.717) is 5.76 Å². The highest BCUT2D eigenvalue weighted by Gasteiger charge is 2.33. The number of carbonyl (C=O) groups is 1. The van der Waals surface area contributed by atoms with Crippen molar-refractivity contribution >= 4 is 5.91 Å². The number of benzene rings is 1. The molecule has 5 nitrogen and oxygen atoms in total. The quantitative estimate of drug-likeness (QED) is 0.820. The summed E-state index contributed by atoms with van der Waals surface area (Å²) in [5.41, 5.74) is 4.56. The first-order valence-electron chi connectivity index (χ1n) is 10.2. The van der Waals surface area contributed by atoms with Gasteiger partial charge in [-0.25, -0.2) is 0 Å². The number of aryl methyl sites for hydroxylation is 1. The Labute approximate surface area is 161 Å². The van der Waals surface area contributed by atoms with Crippen LogP contribution in [-0.2, 0) is 19.4 Å². The molecule has 2 aliphatic rings. The maximum absolute atomic E-state index is 13.3. The molecular weight excluding hydrogens is 338 g/mol. The second kappa shape index (κ2) is 7.85. The van der Waals surface area contributed by atoms with Crippen molar-refractivity contribution in [1.29, 1.82) is 0 Å². The van der Waals surface area contributed by atoms with Crippen LogP contribution in [0.4, 0.5) is 0 Å². The van der Waals surface area contributed by atoms with E-state index in [0.717, 1.165) is 69.3 Å². The Morgan fingerprint density at radius 3 is 2.70 bits per heavy atom. The lowest BCUT2D eigenvalue weighted by Gasteiger charge is -2.35. The molecule has 4 rings (SSSR count). The number of hydrogen-bond donors (Lipinski definition) is 0. The summed E-state index contributed by atoms with van der Waals surface area (Å²) in [7, 11) is 4.15. The van der Waals surface area contributed by atoms with Gasteiger partial charge in [-0.15, -0.1) is 0 Å². The molecule has 1 aromatic carbocycles. The Kier molecular flexibility index (Phi) is 5.30. The van der Waals surface area contributed by atoms with Crippen LogP contribution in [0.15, 0.2) is 28.8 Å². The van der Waals surface area contributed by atoms with Gasteiger partial charge in [0.15, 0.2) is 0 Å². The molecule has 1 atom stereocenters. The van der Waals surface area contributed by atoms with Crippen LogP contribution in [-0.4, -0.2) is 41.5 Å². The van der Waals surface area contributed by atoms with Crippen molar-refractivity contribution in [2.75, 3.05) is 20.6 Å². The van der Waals surface area contributed by atoms with E-state index in [2.05, 4.69) is 48.4 Å². The maximum Gasteiger partial charge on any atom is 0.293 e. The molecular formula is C22H29N3O2. The molecule has 2 heterocycles. The average molecular weight is 367 g/mol. The molecule has 1 aliphatic heterocycles. The summed E-state index contributed by atoms with van der Waals surface area (Å²) < 4.78 is 5.53. The molecule has 2 aromatic rings. The van der Waals surface area contributed by atoms with E-state index >= 15 is 0 Å². The van der Waals surface area contributed by atoms with Gasteiger partial charge in [0.25, 0.3) is 5.91 Å². The molecule has 1 aromatic heterocycles. The smallest absolute Gasteiger partial charge is 0.293 e. The molecule has 0 N–H and O–H groups in total. The number of fused-ring (bicyclic) bond motifs is 1. The first kappa shape index (κ1) is 18.2. The number of hydrogen-bond acceptors (Lipinski definition) is 4. The van der Waals surface area contributed by atoms with Crippen molar-refractivity contribution in [1.82, 2.24) is 15.0 Å². The summed E-state index contributed by atoms with van der Waals surface area (Å²) in [6.07, 6.45) is 7.32. The molecule has 27 heavy (non-hydrogen) atoms. The number of likely N-dealkylation sites (tertiary alicyclic amines) is 1. The van der Waals surface area contributed by atoms with Gasteiger partial charge in [0.2, 0.25) is 5.76 Å². The average Bonchev–Trinajstić information content (AvgIpc) is 3.12. The van der Waals surface area contributed by atoms with Crippen LogP contribution in [0, 0.1) is 0 Å². The van der Waals surface area contributed by atoms with Crippen molar-refractivity contribution in [2.45, 2.75) is 57.5 Å². The summed E-state index contributed by atoms with van der Waals surface area (Å²) in [4.78, 5) is 17.5. The van der Waals surface area contributed by atoms with Gasteiger partial charge < -0.3 is 14.3 Å². The summed E-state index contributed by atoms with van der Waals surface area (Å²) in [5.74, 6) is 0.508. The zero-order chi connectivity index (χ0) is 18.8. The maximum atomic E-state index is 13.3. The molecule has 144 valence electrons. The number of carbonyl (C=O) groups excluding carboxylic acids is 1. The Balaban J connectivity index is 1.57. The fourth-order valence-corrected chi connectivity index (χ4v) is 4.42. The van der Waals surface area contributed by atoms with Crippen molar-refractivity contribution in [3.05, 3.63) is 52.4 Å². The third kappa shape index (κ3) is 3.79. The highest BCUT2D eigenvalue weighted by atomic mass is 16.5. The Morgan fingerprint density at radius 1 is 1.15 bits per heavy atom. The fraction of sp³-hybridized carbons (Fsp3) is 0.545. The SMILES string of the molecule is CN(C)Cc1ccc([C@@H]2CCCCN2C(=O)c2onc3c2CCCC3)cc1. The van der Waals surface area contributed by atoms with E-state index < -0.39 is 0 Å². The predicted octanol–water partition coefficient (Wildman–Crippen LogP) is 3.98. The molecule has 0 spiro atoms. The summed E-state index contributed by atoms with van der Waals surface area (Å²) in [5, 5.41) is 4.18. The van der Waals surface area contributed by atoms with Crippen molar-refractivity contribution in [3.63, 3.8) is 0 Å². The Morgan fingerprint density at radius 2 is 1.93 bits per heavy atom. The number of rotatable bonds is 4. The van der Waals surface area contributed by atoms with Gasteiger partial charge in [-0.05, 0) is 70.2 Å². The summed E-state index contributed by atoms with van der Waals surface area (Å²) >= 11 is 0. The minimum absolute atomic E-state index is 0.0210. The summed E-state index contributed by atoms with van der Waals surface area (Å²) in [6, 6.07) is 8.87. The van der Waals surface area contributed by atoms with Crippen LogP contribution in [0.5, 0.6) is 0 Å². The van der Waals surface area contributed by atoms with E-state index in [9.17, 15) is 4.79 Å². The molecule has 0 radical (unpaired) electrons. The fourth-order valence-electron chi connectivity index (χ4n) is 4.42. The van der Waals surface area contributed by atoms with Crippen LogP contribution in [0.1, 0.15) is 71.1 Å². The largest absolute Gasteiger partial charge is 0.350 e. The van der Waals surface area contributed by atoms with Crippen LogP contribution in [0.25, 0.3) is 0 Å². The molecule has 1 saturated heterocycles. The molecule has 0 bridgehead atoms. The van der Waals surface area contributed by atoms with Crippen molar-refractivity contribution < 1.29 is 9.32 Å². The van der Waals surface area contributed by atoms with Gasteiger partial charge in [0, 0.05) is 18.7 Å². The van der Waals surface area contributed by atoms with Gasteiger partial charge in [0.05, 0.1) is 11.7 Å². The molecule has 1 fully saturated rings. The minimum Gasteiger partial charge on any atom is -0.350 e. The van der Waals surface area contributed by atoms with Crippen LogP contribution in [0.3, 0.4) is 0 Å². The van der Waals surface area contributed by atoms with E-state index in [1.807, 2.05) is 4.90 Å². The van der Waals surface area contributed by atoms with E-state index in [1.165, 1.54) is 11.1 Å². The van der Waals surface area contributed by atoms with E-state index in [1.54, 1.807) is 0 Å². The number of amides is 1. The molecule has 1 aliphatic carbocycles. The molecule has 0 saturated carbocycles. The molecule has 5 heteroatoms. The first-order chi connectivity index (χ1) is 13.1. The summed E-state index contributed by atoms with van der Waals surface area (Å²) in [6.45, 7) is 1.72. The number of nitrogens with zero attached hydrogens (tertiary/aromatic N) is 3. The lowest BCUT2D eigenvalue weighted by atomic mass is 9.92. The lowest BCUT2D eigenvalue weighted by molar-refractivity contribution is 0.0567. The monoisotopic (exact) mass is 367 g/mol. The van der Waals surface area contributed by atoms with Gasteiger partial charge in [-0.1, -0.05) is 29.4 Å². The van der Waals surface area contributed by atoms with Crippen LogP contribution < -0.4 is 0 Å². The zero-order valence-electron chi connectivity index (χ0n) is 16.4. The van der Waals surface area contributed by atoms with Gasteiger partial charge in [0.1, 0.15) is 0 Å². The first-order valence-corrected chi connectivity index (χ1v) is 10.2. The second-order valence-electron chi connectivity index (χ2n) is 8.13. The Hall–Kier alpha value is -2.14. The number of piperidine rings is 1. The molecule has 0 unspecified atom stereocenters. The van der Waals surface area contributed by atoms with Gasteiger partial charge in [-0.2, -0.15) is 0 Å². The Bertz CT molecular complexity index is 794. The van der Waals surface area contributed by atoms with Crippen molar-refractivity contribution in [3.8, 4) is 0 Å². The van der Waals surface area contributed by atoms with Crippen LogP contribution in [0.2, 0.25) is 0 Å². The van der Waals surface area contributed by atoms with Gasteiger partial charge in [-0.3, -0.25) is 4.79 Å². The zero-order valence-corrected chi connectivity index (χ0v) is 16.4. The van der Waals surface area contributed by atoms with Gasteiger partial charge >= 0.3 is 0 Å². The van der Waals surface area contributed by atoms with Crippen molar-refractivity contribution in [2.24, 2.45) is 0 Å². The lowest BCUT2D eigenvalue weighted by Crippen LogP contribution is -2.38. The third-order valence-electron chi connectivity index (χ3n) is 5.78. The predicted molar refractivity (Wildman–Crippen MR) is 105 cm³/mol. The highest BCUT2D eigenvalue weighted by molar-refractivity contribution is 5.93. The normalized spacial score (nSPS) is 20.0. The minimum atomic E-state index is 0.0210. The standard InChI is InChI=1S/C22H29N3O2/c1-24(2)15-16-10-12-17(13-11-16)20-9-5-6-14-25(20)22(26)21-18-7-3-4-8-19(18)23-27-21/h10-13,20H,3-9,14-15H2,1-2H3/t20-/m0/s1. The van der Waals surface area contributed by atoms with Crippen LogP contribution >= 0.6 is 0 Å². The second-order valence-corrected chi connectivity index (χ2v) is 8.13. The number of aromatic nitrogens is 1. The molecule has 1 amide bonds. The third-order valence-corrected chi connectivity index (χ3v) is 5.78. The highest BCUT2D eigenvalue weighted by Crippen LogP contribution is 2.34. The van der Waals surface area contributed by atoms with E-state index in [4.69, 9.17) is 4.52 Å². The topological polar surface area (TPSA) is 49.6 Å².